The highest BCUT2D eigenvalue weighted by molar-refractivity contribution is 4.82. The monoisotopic (exact) mass is 153 g/mol. The highest BCUT2D eigenvalue weighted by Gasteiger charge is 2.20. The zero-order valence-corrected chi connectivity index (χ0v) is 7.05. The van der Waals surface area contributed by atoms with E-state index < -0.39 is 0 Å². The first-order chi connectivity index (χ1) is 5.36. The van der Waals surface area contributed by atoms with Gasteiger partial charge in [0.1, 0.15) is 6.10 Å². The zero-order valence-electron chi connectivity index (χ0n) is 7.05. The lowest BCUT2D eigenvalue weighted by atomic mass is 10.3. The molecule has 1 unspecified atom stereocenters. The average molecular weight is 153 g/mol. The Bertz CT molecular complexity index is 146. The number of ether oxygens (including phenoxy) is 1. The van der Waals surface area contributed by atoms with Crippen LogP contribution in [0.3, 0.4) is 0 Å². The predicted molar refractivity (Wildman–Crippen MR) is 43.0 cm³/mol. The molecule has 11 heavy (non-hydrogen) atoms. The fraction of sp³-hybridized carbons (Fsp3) is 0.889. The largest absolute Gasteiger partial charge is 0.363 e. The molecule has 1 rings (SSSR count). The SMILES string of the molecule is CCC(C#N)OCCC1CC1. The van der Waals surface area contributed by atoms with Crippen LogP contribution in [0.5, 0.6) is 0 Å². The summed E-state index contributed by atoms with van der Waals surface area (Å²) in [4.78, 5) is 0. The van der Waals surface area contributed by atoms with Crippen LogP contribution in [0, 0.1) is 17.2 Å². The fourth-order valence-corrected chi connectivity index (χ4v) is 1.03. The molecule has 0 heterocycles. The predicted octanol–water partition coefficient (Wildman–Crippen LogP) is 2.11. The number of hydrogen-bond acceptors (Lipinski definition) is 2. The molecule has 0 aromatic carbocycles. The summed E-state index contributed by atoms with van der Waals surface area (Å²) < 4.78 is 5.33. The minimum atomic E-state index is -0.172. The van der Waals surface area contributed by atoms with Crippen LogP contribution < -0.4 is 0 Å². The van der Waals surface area contributed by atoms with Gasteiger partial charge in [-0.3, -0.25) is 0 Å². The van der Waals surface area contributed by atoms with Gasteiger partial charge in [0, 0.05) is 6.61 Å². The summed E-state index contributed by atoms with van der Waals surface area (Å²) in [5, 5.41) is 8.53. The van der Waals surface area contributed by atoms with E-state index >= 15 is 0 Å². The van der Waals surface area contributed by atoms with Crippen LogP contribution in [0.4, 0.5) is 0 Å². The summed E-state index contributed by atoms with van der Waals surface area (Å²) in [6.45, 7) is 2.75. The van der Waals surface area contributed by atoms with Gasteiger partial charge in [0.15, 0.2) is 0 Å². The van der Waals surface area contributed by atoms with Crippen LogP contribution in [0.25, 0.3) is 0 Å². The standard InChI is InChI=1S/C9H15NO/c1-2-9(7-10)11-6-5-8-3-4-8/h8-9H,2-6H2,1H3. The summed E-state index contributed by atoms with van der Waals surface area (Å²) in [7, 11) is 0. The van der Waals surface area contributed by atoms with Crippen molar-refractivity contribution in [3.05, 3.63) is 0 Å². The van der Waals surface area contributed by atoms with Gasteiger partial charge in [-0.15, -0.1) is 0 Å². The van der Waals surface area contributed by atoms with E-state index in [-0.39, 0.29) is 6.10 Å². The molecule has 1 aliphatic carbocycles. The lowest BCUT2D eigenvalue weighted by Crippen LogP contribution is -2.09. The van der Waals surface area contributed by atoms with Crippen molar-refractivity contribution in [1.29, 1.82) is 5.26 Å². The summed E-state index contributed by atoms with van der Waals surface area (Å²) in [5.41, 5.74) is 0. The first-order valence-electron chi connectivity index (χ1n) is 4.38. The molecule has 1 saturated carbocycles. The van der Waals surface area contributed by atoms with Crippen molar-refractivity contribution in [2.45, 2.75) is 38.7 Å². The normalized spacial score (nSPS) is 19.3. The minimum Gasteiger partial charge on any atom is -0.363 e. The van der Waals surface area contributed by atoms with Crippen LogP contribution in [0.15, 0.2) is 0 Å². The molecule has 0 amide bonds. The van der Waals surface area contributed by atoms with Crippen molar-refractivity contribution in [2.24, 2.45) is 5.92 Å². The molecular formula is C9H15NO. The maximum absolute atomic E-state index is 8.53. The van der Waals surface area contributed by atoms with Crippen molar-refractivity contribution in [3.8, 4) is 6.07 Å². The lowest BCUT2D eigenvalue weighted by molar-refractivity contribution is 0.0829. The second kappa shape index (κ2) is 4.35. The topological polar surface area (TPSA) is 33.0 Å². The Balaban J connectivity index is 1.95. The van der Waals surface area contributed by atoms with E-state index in [0.717, 1.165) is 25.4 Å². The van der Waals surface area contributed by atoms with Crippen LogP contribution in [-0.2, 0) is 4.74 Å². The summed E-state index contributed by atoms with van der Waals surface area (Å²) in [6, 6.07) is 2.12. The lowest BCUT2D eigenvalue weighted by Gasteiger charge is -2.06. The molecule has 1 aliphatic rings. The molecule has 2 nitrogen and oxygen atoms in total. The second-order valence-corrected chi connectivity index (χ2v) is 3.13. The van der Waals surface area contributed by atoms with Crippen LogP contribution in [0.2, 0.25) is 0 Å². The number of nitrogens with zero attached hydrogens (tertiary/aromatic N) is 1. The van der Waals surface area contributed by atoms with Gasteiger partial charge in [-0.2, -0.15) is 5.26 Å². The number of hydrogen-bond donors (Lipinski definition) is 0. The summed E-state index contributed by atoms with van der Waals surface area (Å²) in [5.74, 6) is 0.909. The van der Waals surface area contributed by atoms with Gasteiger partial charge in [-0.25, -0.2) is 0 Å². The maximum Gasteiger partial charge on any atom is 0.143 e. The Kier molecular flexibility index (Phi) is 3.38. The van der Waals surface area contributed by atoms with Crippen LogP contribution >= 0.6 is 0 Å². The molecule has 0 aromatic heterocycles. The first-order valence-corrected chi connectivity index (χ1v) is 4.38. The van der Waals surface area contributed by atoms with Crippen molar-refractivity contribution >= 4 is 0 Å². The van der Waals surface area contributed by atoms with E-state index in [2.05, 4.69) is 6.07 Å². The van der Waals surface area contributed by atoms with Gasteiger partial charge in [0.25, 0.3) is 0 Å². The minimum absolute atomic E-state index is 0.172. The zero-order chi connectivity index (χ0) is 8.10. The molecule has 0 saturated heterocycles. The third kappa shape index (κ3) is 3.38. The quantitative estimate of drug-likeness (QED) is 0.606. The van der Waals surface area contributed by atoms with E-state index in [0.29, 0.717) is 0 Å². The fourth-order valence-electron chi connectivity index (χ4n) is 1.03. The highest BCUT2D eigenvalue weighted by Crippen LogP contribution is 2.32. The van der Waals surface area contributed by atoms with E-state index in [1.807, 2.05) is 6.92 Å². The second-order valence-electron chi connectivity index (χ2n) is 3.13. The molecule has 62 valence electrons. The molecule has 0 aromatic rings. The third-order valence-corrected chi connectivity index (χ3v) is 2.06. The van der Waals surface area contributed by atoms with Crippen molar-refractivity contribution in [3.63, 3.8) is 0 Å². The molecule has 1 atom stereocenters. The molecule has 2 heteroatoms. The van der Waals surface area contributed by atoms with Gasteiger partial charge in [0.05, 0.1) is 6.07 Å². The van der Waals surface area contributed by atoms with Gasteiger partial charge in [0.2, 0.25) is 0 Å². The molecule has 0 radical (unpaired) electrons. The van der Waals surface area contributed by atoms with E-state index in [1.165, 1.54) is 12.8 Å². The molecule has 1 fully saturated rings. The molecule has 0 N–H and O–H groups in total. The molecular weight excluding hydrogens is 138 g/mol. The van der Waals surface area contributed by atoms with Crippen LogP contribution in [-0.4, -0.2) is 12.7 Å². The van der Waals surface area contributed by atoms with Crippen LogP contribution in [0.1, 0.15) is 32.6 Å². The van der Waals surface area contributed by atoms with E-state index in [4.69, 9.17) is 10.00 Å². The van der Waals surface area contributed by atoms with Crippen molar-refractivity contribution in [1.82, 2.24) is 0 Å². The summed E-state index contributed by atoms with van der Waals surface area (Å²) in [6.07, 6.45) is 4.52. The molecule has 0 aliphatic heterocycles. The Morgan fingerprint density at radius 3 is 2.82 bits per heavy atom. The van der Waals surface area contributed by atoms with Gasteiger partial charge < -0.3 is 4.74 Å². The van der Waals surface area contributed by atoms with E-state index in [1.54, 1.807) is 0 Å². The molecule has 0 spiro atoms. The van der Waals surface area contributed by atoms with Crippen molar-refractivity contribution in [2.75, 3.05) is 6.61 Å². The Morgan fingerprint density at radius 1 is 1.64 bits per heavy atom. The summed E-state index contributed by atoms with van der Waals surface area (Å²) >= 11 is 0. The number of nitriles is 1. The smallest absolute Gasteiger partial charge is 0.143 e. The van der Waals surface area contributed by atoms with Gasteiger partial charge in [-0.1, -0.05) is 19.8 Å². The first kappa shape index (κ1) is 8.55. The third-order valence-electron chi connectivity index (χ3n) is 2.06. The maximum atomic E-state index is 8.53. The Labute approximate surface area is 68.2 Å². The highest BCUT2D eigenvalue weighted by atomic mass is 16.5. The Hall–Kier alpha value is -0.550. The average Bonchev–Trinajstić information content (AvgIpc) is 2.82. The molecule has 0 bridgehead atoms. The van der Waals surface area contributed by atoms with Gasteiger partial charge in [-0.05, 0) is 18.8 Å². The Morgan fingerprint density at radius 2 is 2.36 bits per heavy atom. The van der Waals surface area contributed by atoms with Gasteiger partial charge >= 0.3 is 0 Å². The number of rotatable bonds is 5. The van der Waals surface area contributed by atoms with E-state index in [9.17, 15) is 0 Å². The van der Waals surface area contributed by atoms with Crippen molar-refractivity contribution < 1.29 is 4.74 Å².